The third kappa shape index (κ3) is 2.33. The van der Waals surface area contributed by atoms with Crippen LogP contribution in [0.5, 0.6) is 0 Å². The van der Waals surface area contributed by atoms with Gasteiger partial charge in [-0.15, -0.1) is 0 Å². The molecule has 1 aromatic rings. The van der Waals surface area contributed by atoms with Crippen molar-refractivity contribution in [1.29, 1.82) is 0 Å². The molecular weight excluding hydrogens is 214 g/mol. The lowest BCUT2D eigenvalue weighted by atomic mass is 10.1. The second-order valence-corrected chi connectivity index (χ2v) is 4.42. The van der Waals surface area contributed by atoms with E-state index >= 15 is 0 Å². The number of aromatic carboxylic acids is 1. The Kier molecular flexibility index (Phi) is 3.18. The van der Waals surface area contributed by atoms with E-state index in [1.807, 2.05) is 6.07 Å². The minimum absolute atomic E-state index is 0.359. The maximum absolute atomic E-state index is 10.9. The number of carbonyl (C=O) groups is 1. The molecule has 1 heterocycles. The quantitative estimate of drug-likeness (QED) is 0.810. The summed E-state index contributed by atoms with van der Waals surface area (Å²) < 4.78 is 0. The van der Waals surface area contributed by atoms with Gasteiger partial charge < -0.3 is 10.0 Å². The molecule has 0 aliphatic carbocycles. The van der Waals surface area contributed by atoms with E-state index in [0.29, 0.717) is 5.56 Å². The second-order valence-electron chi connectivity index (χ2n) is 4.42. The summed E-state index contributed by atoms with van der Waals surface area (Å²) in [6.07, 6.45) is 1.96. The van der Waals surface area contributed by atoms with Crippen LogP contribution >= 0.6 is 0 Å². The summed E-state index contributed by atoms with van der Waals surface area (Å²) in [6, 6.07) is 5.38. The van der Waals surface area contributed by atoms with Gasteiger partial charge in [-0.1, -0.05) is 25.1 Å². The zero-order valence-corrected chi connectivity index (χ0v) is 10.1. The van der Waals surface area contributed by atoms with Gasteiger partial charge in [-0.3, -0.25) is 0 Å². The standard InChI is InChI=1S/C14H17NO2/c1-3-10(2)9-15-7-6-11-4-5-12(14(16)17)8-13(11)15/h4-5,8H,2-3,6-7,9H2,1H3,(H,16,17). The average molecular weight is 231 g/mol. The Balaban J connectivity index is 2.26. The molecule has 0 atom stereocenters. The summed E-state index contributed by atoms with van der Waals surface area (Å²) in [5.74, 6) is -0.867. The van der Waals surface area contributed by atoms with Crippen LogP contribution < -0.4 is 4.90 Å². The van der Waals surface area contributed by atoms with Crippen molar-refractivity contribution in [1.82, 2.24) is 0 Å². The van der Waals surface area contributed by atoms with E-state index in [2.05, 4.69) is 18.4 Å². The molecule has 3 heteroatoms. The topological polar surface area (TPSA) is 40.5 Å². The smallest absolute Gasteiger partial charge is 0.335 e. The largest absolute Gasteiger partial charge is 0.478 e. The van der Waals surface area contributed by atoms with Crippen molar-refractivity contribution < 1.29 is 9.90 Å². The Labute approximate surface area is 101 Å². The minimum Gasteiger partial charge on any atom is -0.478 e. The predicted octanol–water partition coefficient (Wildman–Crippen LogP) is 2.71. The molecule has 0 unspecified atom stereocenters. The normalized spacial score (nSPS) is 13.6. The number of benzene rings is 1. The van der Waals surface area contributed by atoms with Crippen molar-refractivity contribution in [3.63, 3.8) is 0 Å². The molecule has 0 spiro atoms. The lowest BCUT2D eigenvalue weighted by molar-refractivity contribution is 0.0697. The SMILES string of the molecule is C=C(CC)CN1CCc2ccc(C(=O)O)cc21. The van der Waals surface area contributed by atoms with Gasteiger partial charge in [0.2, 0.25) is 0 Å². The molecule has 0 fully saturated rings. The van der Waals surface area contributed by atoms with E-state index < -0.39 is 5.97 Å². The maximum Gasteiger partial charge on any atom is 0.335 e. The van der Waals surface area contributed by atoms with Gasteiger partial charge in [0, 0.05) is 18.8 Å². The highest BCUT2D eigenvalue weighted by Crippen LogP contribution is 2.29. The van der Waals surface area contributed by atoms with E-state index in [1.54, 1.807) is 12.1 Å². The Morgan fingerprint density at radius 1 is 1.53 bits per heavy atom. The van der Waals surface area contributed by atoms with E-state index in [-0.39, 0.29) is 0 Å². The third-order valence-corrected chi connectivity index (χ3v) is 3.24. The number of anilines is 1. The van der Waals surface area contributed by atoms with Gasteiger partial charge in [0.25, 0.3) is 0 Å². The fraction of sp³-hybridized carbons (Fsp3) is 0.357. The summed E-state index contributed by atoms with van der Waals surface area (Å²) >= 11 is 0. The summed E-state index contributed by atoms with van der Waals surface area (Å²) in [6.45, 7) is 7.88. The van der Waals surface area contributed by atoms with Crippen LogP contribution in [0.2, 0.25) is 0 Å². The molecule has 2 rings (SSSR count). The van der Waals surface area contributed by atoms with Crippen molar-refractivity contribution >= 4 is 11.7 Å². The lowest BCUT2D eigenvalue weighted by Crippen LogP contribution is -2.22. The molecule has 0 saturated heterocycles. The Morgan fingerprint density at radius 3 is 2.94 bits per heavy atom. The number of carboxylic acid groups (broad SMARTS) is 1. The summed E-state index contributed by atoms with van der Waals surface area (Å²) in [5, 5.41) is 8.99. The number of carboxylic acids is 1. The van der Waals surface area contributed by atoms with Crippen molar-refractivity contribution in [3.8, 4) is 0 Å². The maximum atomic E-state index is 10.9. The highest BCUT2D eigenvalue weighted by Gasteiger charge is 2.20. The zero-order valence-electron chi connectivity index (χ0n) is 10.1. The minimum atomic E-state index is -0.867. The van der Waals surface area contributed by atoms with E-state index in [9.17, 15) is 4.79 Å². The molecule has 3 nitrogen and oxygen atoms in total. The van der Waals surface area contributed by atoms with Crippen molar-refractivity contribution in [2.24, 2.45) is 0 Å². The monoisotopic (exact) mass is 231 g/mol. The fourth-order valence-electron chi connectivity index (χ4n) is 2.12. The molecule has 0 aromatic heterocycles. The highest BCUT2D eigenvalue weighted by molar-refractivity contribution is 5.89. The number of hydrogen-bond acceptors (Lipinski definition) is 2. The Hall–Kier alpha value is -1.77. The fourth-order valence-corrected chi connectivity index (χ4v) is 2.12. The van der Waals surface area contributed by atoms with Gasteiger partial charge in [-0.05, 0) is 30.5 Å². The molecule has 0 radical (unpaired) electrons. The molecule has 0 amide bonds. The zero-order chi connectivity index (χ0) is 12.4. The number of fused-ring (bicyclic) bond motifs is 1. The third-order valence-electron chi connectivity index (χ3n) is 3.24. The van der Waals surface area contributed by atoms with Gasteiger partial charge >= 0.3 is 5.97 Å². The van der Waals surface area contributed by atoms with Crippen LogP contribution in [0.4, 0.5) is 5.69 Å². The van der Waals surface area contributed by atoms with Crippen molar-refractivity contribution in [3.05, 3.63) is 41.5 Å². The first kappa shape index (κ1) is 11.7. The molecule has 1 aromatic carbocycles. The highest BCUT2D eigenvalue weighted by atomic mass is 16.4. The van der Waals surface area contributed by atoms with Crippen molar-refractivity contribution in [2.75, 3.05) is 18.0 Å². The molecular formula is C14H17NO2. The van der Waals surface area contributed by atoms with E-state index in [4.69, 9.17) is 5.11 Å². The van der Waals surface area contributed by atoms with Crippen LogP contribution in [-0.4, -0.2) is 24.2 Å². The lowest BCUT2D eigenvalue weighted by Gasteiger charge is -2.20. The summed E-state index contributed by atoms with van der Waals surface area (Å²) in [7, 11) is 0. The Morgan fingerprint density at radius 2 is 2.29 bits per heavy atom. The van der Waals surface area contributed by atoms with Crippen LogP contribution in [0.3, 0.4) is 0 Å². The van der Waals surface area contributed by atoms with Crippen LogP contribution in [0.1, 0.15) is 29.3 Å². The Bertz CT molecular complexity index is 465. The molecule has 90 valence electrons. The van der Waals surface area contributed by atoms with Crippen molar-refractivity contribution in [2.45, 2.75) is 19.8 Å². The van der Waals surface area contributed by atoms with Gasteiger partial charge in [-0.25, -0.2) is 4.79 Å². The van der Waals surface area contributed by atoms with Crippen LogP contribution in [0.25, 0.3) is 0 Å². The summed E-state index contributed by atoms with van der Waals surface area (Å²) in [4.78, 5) is 13.2. The number of hydrogen-bond donors (Lipinski definition) is 1. The molecule has 1 N–H and O–H groups in total. The average Bonchev–Trinajstić information content (AvgIpc) is 2.71. The second kappa shape index (κ2) is 4.62. The van der Waals surface area contributed by atoms with Gasteiger partial charge in [0.15, 0.2) is 0 Å². The van der Waals surface area contributed by atoms with E-state index in [1.165, 1.54) is 11.1 Å². The molecule has 0 bridgehead atoms. The first-order valence-corrected chi connectivity index (χ1v) is 5.89. The number of rotatable bonds is 4. The first-order valence-electron chi connectivity index (χ1n) is 5.89. The molecule has 17 heavy (non-hydrogen) atoms. The van der Waals surface area contributed by atoms with Crippen LogP contribution in [0.15, 0.2) is 30.4 Å². The van der Waals surface area contributed by atoms with Gasteiger partial charge in [-0.2, -0.15) is 0 Å². The molecule has 1 aliphatic rings. The first-order chi connectivity index (χ1) is 8.11. The van der Waals surface area contributed by atoms with Gasteiger partial charge in [0.1, 0.15) is 0 Å². The molecule has 1 aliphatic heterocycles. The van der Waals surface area contributed by atoms with Gasteiger partial charge in [0.05, 0.1) is 5.56 Å². The van der Waals surface area contributed by atoms with Crippen LogP contribution in [-0.2, 0) is 6.42 Å². The summed E-state index contributed by atoms with van der Waals surface area (Å²) in [5.41, 5.74) is 3.83. The number of nitrogens with zero attached hydrogens (tertiary/aromatic N) is 1. The predicted molar refractivity (Wildman–Crippen MR) is 68.7 cm³/mol. The van der Waals surface area contributed by atoms with Crippen LogP contribution in [0, 0.1) is 0 Å². The van der Waals surface area contributed by atoms with E-state index in [0.717, 1.165) is 31.6 Å². The molecule has 0 saturated carbocycles.